The molecule has 1 aromatic heterocycles. The van der Waals surface area contributed by atoms with Crippen LogP contribution in [0, 0.1) is 0 Å². The van der Waals surface area contributed by atoms with Gasteiger partial charge >= 0.3 is 12.3 Å². The van der Waals surface area contributed by atoms with E-state index in [0.717, 1.165) is 6.07 Å². The minimum absolute atomic E-state index is 0.0150. The van der Waals surface area contributed by atoms with Crippen molar-refractivity contribution in [2.75, 3.05) is 24.6 Å². The SMILES string of the molecule is CCOC(=O)NC(=O)CN(CC)c1ncc(C(F)(F)F)cc1Cl. The van der Waals surface area contributed by atoms with Crippen molar-refractivity contribution >= 4 is 29.4 Å². The molecule has 2 amide bonds. The number of alkyl carbamates (subject to hydrolysis) is 1. The van der Waals surface area contributed by atoms with E-state index >= 15 is 0 Å². The Morgan fingerprint density at radius 2 is 2.04 bits per heavy atom. The molecule has 0 bridgehead atoms. The Balaban J connectivity index is 2.86. The molecule has 128 valence electrons. The maximum atomic E-state index is 12.6. The molecule has 10 heteroatoms. The van der Waals surface area contributed by atoms with Gasteiger partial charge in [0.05, 0.1) is 23.7 Å². The third kappa shape index (κ3) is 5.59. The molecule has 0 atom stereocenters. The molecule has 1 N–H and O–H groups in total. The van der Waals surface area contributed by atoms with Gasteiger partial charge in [-0.1, -0.05) is 11.6 Å². The van der Waals surface area contributed by atoms with Crippen LogP contribution in [0.4, 0.5) is 23.8 Å². The van der Waals surface area contributed by atoms with Crippen molar-refractivity contribution in [1.29, 1.82) is 0 Å². The fourth-order valence-corrected chi connectivity index (χ4v) is 1.93. The lowest BCUT2D eigenvalue weighted by Gasteiger charge is -2.22. The van der Waals surface area contributed by atoms with Crippen molar-refractivity contribution in [1.82, 2.24) is 10.3 Å². The van der Waals surface area contributed by atoms with Gasteiger partial charge < -0.3 is 9.64 Å². The first kappa shape index (κ1) is 19.0. The molecule has 0 radical (unpaired) electrons. The zero-order chi connectivity index (χ0) is 17.6. The van der Waals surface area contributed by atoms with E-state index in [4.69, 9.17) is 11.6 Å². The maximum absolute atomic E-state index is 12.6. The number of imide groups is 1. The minimum atomic E-state index is -4.56. The van der Waals surface area contributed by atoms with E-state index in [2.05, 4.69) is 9.72 Å². The van der Waals surface area contributed by atoms with E-state index in [1.807, 2.05) is 5.32 Å². The fraction of sp³-hybridized carbons (Fsp3) is 0.462. The molecule has 0 aliphatic rings. The van der Waals surface area contributed by atoms with Crippen LogP contribution in [0.1, 0.15) is 19.4 Å². The van der Waals surface area contributed by atoms with Gasteiger partial charge in [-0.2, -0.15) is 13.2 Å². The van der Waals surface area contributed by atoms with Gasteiger partial charge in [-0.3, -0.25) is 10.1 Å². The van der Waals surface area contributed by atoms with Crippen LogP contribution in [-0.4, -0.2) is 36.7 Å². The van der Waals surface area contributed by atoms with Gasteiger partial charge in [0, 0.05) is 12.7 Å². The Morgan fingerprint density at radius 1 is 1.39 bits per heavy atom. The molecule has 0 aliphatic heterocycles. The maximum Gasteiger partial charge on any atom is 0.417 e. The van der Waals surface area contributed by atoms with Gasteiger partial charge in [-0.15, -0.1) is 0 Å². The highest BCUT2D eigenvalue weighted by atomic mass is 35.5. The monoisotopic (exact) mass is 353 g/mol. The van der Waals surface area contributed by atoms with Gasteiger partial charge in [0.1, 0.15) is 5.82 Å². The number of pyridine rings is 1. The average molecular weight is 354 g/mol. The summed E-state index contributed by atoms with van der Waals surface area (Å²) >= 11 is 5.82. The third-order valence-corrected chi connectivity index (χ3v) is 2.96. The van der Waals surface area contributed by atoms with Crippen LogP contribution in [0.5, 0.6) is 0 Å². The number of nitrogens with zero attached hydrogens (tertiary/aromatic N) is 2. The normalized spacial score (nSPS) is 11.0. The summed E-state index contributed by atoms with van der Waals surface area (Å²) in [5, 5.41) is 1.73. The molecular weight excluding hydrogens is 339 g/mol. The molecule has 1 aromatic rings. The molecule has 1 rings (SSSR count). The number of ether oxygens (including phenoxy) is 1. The fourth-order valence-electron chi connectivity index (χ4n) is 1.65. The predicted octanol–water partition coefficient (Wildman–Crippen LogP) is 2.85. The Kier molecular flexibility index (Phi) is 6.62. The molecule has 0 saturated carbocycles. The van der Waals surface area contributed by atoms with Gasteiger partial charge in [0.2, 0.25) is 5.91 Å². The lowest BCUT2D eigenvalue weighted by molar-refractivity contribution is -0.137. The highest BCUT2D eigenvalue weighted by Crippen LogP contribution is 2.33. The highest BCUT2D eigenvalue weighted by molar-refractivity contribution is 6.33. The predicted molar refractivity (Wildman–Crippen MR) is 77.3 cm³/mol. The van der Waals surface area contributed by atoms with Gasteiger partial charge in [0.15, 0.2) is 0 Å². The van der Waals surface area contributed by atoms with Crippen LogP contribution in [0.3, 0.4) is 0 Å². The highest BCUT2D eigenvalue weighted by Gasteiger charge is 2.32. The first-order valence-electron chi connectivity index (χ1n) is 6.63. The van der Waals surface area contributed by atoms with Crippen molar-refractivity contribution in [2.24, 2.45) is 0 Å². The Labute approximate surface area is 135 Å². The van der Waals surface area contributed by atoms with E-state index in [1.54, 1.807) is 13.8 Å². The third-order valence-electron chi connectivity index (χ3n) is 2.68. The number of halogens is 4. The number of aromatic nitrogens is 1. The molecule has 0 saturated heterocycles. The van der Waals surface area contributed by atoms with Crippen molar-refractivity contribution in [3.63, 3.8) is 0 Å². The van der Waals surface area contributed by atoms with Crippen LogP contribution >= 0.6 is 11.6 Å². The van der Waals surface area contributed by atoms with E-state index < -0.39 is 23.7 Å². The van der Waals surface area contributed by atoms with Gasteiger partial charge in [-0.05, 0) is 19.9 Å². The van der Waals surface area contributed by atoms with Crippen molar-refractivity contribution in [3.05, 3.63) is 22.8 Å². The topological polar surface area (TPSA) is 71.5 Å². The molecule has 6 nitrogen and oxygen atoms in total. The van der Waals surface area contributed by atoms with Crippen molar-refractivity contribution in [3.8, 4) is 0 Å². The largest absolute Gasteiger partial charge is 0.450 e. The molecule has 0 fully saturated rings. The summed E-state index contributed by atoms with van der Waals surface area (Å²) in [6, 6.07) is 0.732. The molecule has 0 unspecified atom stereocenters. The molecule has 0 spiro atoms. The lowest BCUT2D eigenvalue weighted by Crippen LogP contribution is -2.40. The number of hydrogen-bond acceptors (Lipinski definition) is 5. The van der Waals surface area contributed by atoms with Crippen LogP contribution < -0.4 is 10.2 Å². The van der Waals surface area contributed by atoms with Gasteiger partial charge in [0.25, 0.3) is 0 Å². The second-order valence-corrected chi connectivity index (χ2v) is 4.72. The number of hydrogen-bond donors (Lipinski definition) is 1. The summed E-state index contributed by atoms with van der Waals surface area (Å²) in [6.45, 7) is 3.27. The number of rotatable bonds is 5. The van der Waals surface area contributed by atoms with E-state index in [9.17, 15) is 22.8 Å². The van der Waals surface area contributed by atoms with Crippen LogP contribution in [0.25, 0.3) is 0 Å². The Hall–Kier alpha value is -2.03. The minimum Gasteiger partial charge on any atom is -0.450 e. The van der Waals surface area contributed by atoms with Crippen LogP contribution in [0.2, 0.25) is 5.02 Å². The molecular formula is C13H15ClF3N3O3. The van der Waals surface area contributed by atoms with E-state index in [1.165, 1.54) is 4.90 Å². The summed E-state index contributed by atoms with van der Waals surface area (Å²) in [4.78, 5) is 27.8. The molecule has 23 heavy (non-hydrogen) atoms. The van der Waals surface area contributed by atoms with Crippen molar-refractivity contribution in [2.45, 2.75) is 20.0 Å². The average Bonchev–Trinajstić information content (AvgIpc) is 2.44. The lowest BCUT2D eigenvalue weighted by atomic mass is 10.2. The number of likely N-dealkylation sites (N-methyl/N-ethyl adjacent to an activating group) is 1. The first-order valence-corrected chi connectivity index (χ1v) is 7.01. The quantitative estimate of drug-likeness (QED) is 0.881. The first-order chi connectivity index (χ1) is 10.7. The van der Waals surface area contributed by atoms with Crippen LogP contribution in [-0.2, 0) is 15.7 Å². The summed E-state index contributed by atoms with van der Waals surface area (Å²) < 4.78 is 42.3. The summed E-state index contributed by atoms with van der Waals surface area (Å²) in [5.41, 5.74) is -0.988. The van der Waals surface area contributed by atoms with E-state index in [0.29, 0.717) is 6.20 Å². The van der Waals surface area contributed by atoms with Crippen LogP contribution in [0.15, 0.2) is 12.3 Å². The zero-order valence-corrected chi connectivity index (χ0v) is 13.2. The number of nitrogens with one attached hydrogen (secondary N) is 1. The van der Waals surface area contributed by atoms with E-state index in [-0.39, 0.29) is 30.5 Å². The number of amides is 2. The van der Waals surface area contributed by atoms with Crippen molar-refractivity contribution < 1.29 is 27.5 Å². The second kappa shape index (κ2) is 8.00. The summed E-state index contributed by atoms with van der Waals surface area (Å²) in [6.07, 6.45) is -4.83. The number of anilines is 1. The number of alkyl halides is 3. The standard InChI is InChI=1S/C13H15ClF3N3O3/c1-3-20(7-10(21)19-12(22)23-4-2)11-9(14)5-8(6-18-11)13(15,16)17/h5-6H,3-4,7H2,1-2H3,(H,19,21,22). The molecule has 1 heterocycles. The summed E-state index contributed by atoms with van der Waals surface area (Å²) in [7, 11) is 0. The molecule has 0 aliphatic carbocycles. The number of carbonyl (C=O) groups excluding carboxylic acids is 2. The number of carbonyl (C=O) groups is 2. The van der Waals surface area contributed by atoms with Gasteiger partial charge in [-0.25, -0.2) is 9.78 Å². The second-order valence-electron chi connectivity index (χ2n) is 4.31. The Bertz CT molecular complexity index is 581. The molecule has 0 aromatic carbocycles. The summed E-state index contributed by atoms with van der Waals surface area (Å²) in [5.74, 6) is -0.677. The smallest absolute Gasteiger partial charge is 0.417 e. The zero-order valence-electron chi connectivity index (χ0n) is 12.4. The Morgan fingerprint density at radius 3 is 2.52 bits per heavy atom.